The van der Waals surface area contributed by atoms with E-state index in [1.165, 1.54) is 16.4 Å². The molecule has 1 aromatic heterocycles. The average molecular weight is 482 g/mol. The summed E-state index contributed by atoms with van der Waals surface area (Å²) in [6.07, 6.45) is 4.71. The number of rotatable bonds is 6. The zero-order valence-electron chi connectivity index (χ0n) is 17.2. The molecule has 1 unspecified atom stereocenters. The van der Waals surface area contributed by atoms with Crippen LogP contribution in [0.1, 0.15) is 44.3 Å². The molecule has 2 aliphatic rings. The standard InChI is InChI=1S/C22H25Cl2N3O3S/c1-15(20-4-2-3-11-25-20)27(18-6-7-18)22(28)16-9-12-26(13-10-16)31(29,30)21-14-17(23)5-8-19(21)24/h2-5,8,11,14-16,18H,6-7,9-10,12-13H2,1H3. The lowest BCUT2D eigenvalue weighted by Crippen LogP contribution is -2.45. The molecule has 0 N–H and O–H groups in total. The number of carbonyl (C=O) groups excluding carboxylic acids is 1. The smallest absolute Gasteiger partial charge is 0.244 e. The van der Waals surface area contributed by atoms with E-state index in [-0.39, 0.29) is 46.9 Å². The van der Waals surface area contributed by atoms with Crippen molar-refractivity contribution >= 4 is 39.1 Å². The Morgan fingerprint density at radius 2 is 1.84 bits per heavy atom. The number of hydrogen-bond donors (Lipinski definition) is 0. The van der Waals surface area contributed by atoms with Crippen molar-refractivity contribution in [1.29, 1.82) is 0 Å². The molecule has 2 fully saturated rings. The molecule has 0 bridgehead atoms. The van der Waals surface area contributed by atoms with Crippen molar-refractivity contribution in [2.45, 2.75) is 49.6 Å². The molecule has 2 heterocycles. The van der Waals surface area contributed by atoms with Gasteiger partial charge in [-0.05, 0) is 62.9 Å². The van der Waals surface area contributed by atoms with E-state index in [1.54, 1.807) is 12.3 Å². The number of carbonyl (C=O) groups is 1. The fourth-order valence-electron chi connectivity index (χ4n) is 4.17. The summed E-state index contributed by atoms with van der Waals surface area (Å²) in [4.78, 5) is 19.8. The number of aromatic nitrogens is 1. The fourth-order valence-corrected chi connectivity index (χ4v) is 6.38. The highest BCUT2D eigenvalue weighted by Gasteiger charge is 2.41. The first-order valence-corrected chi connectivity index (χ1v) is 12.7. The van der Waals surface area contributed by atoms with Gasteiger partial charge in [0, 0.05) is 36.3 Å². The van der Waals surface area contributed by atoms with Gasteiger partial charge >= 0.3 is 0 Å². The van der Waals surface area contributed by atoms with Gasteiger partial charge in [0.25, 0.3) is 0 Å². The largest absolute Gasteiger partial charge is 0.331 e. The van der Waals surface area contributed by atoms with Crippen molar-refractivity contribution in [3.63, 3.8) is 0 Å². The van der Waals surface area contributed by atoms with Gasteiger partial charge in [-0.25, -0.2) is 8.42 Å². The summed E-state index contributed by atoms with van der Waals surface area (Å²) in [5.74, 6) is -0.105. The molecule has 9 heteroatoms. The first-order valence-electron chi connectivity index (χ1n) is 10.5. The lowest BCUT2D eigenvalue weighted by atomic mass is 9.95. The normalized spacial score (nSPS) is 19.2. The van der Waals surface area contributed by atoms with E-state index in [4.69, 9.17) is 23.2 Å². The summed E-state index contributed by atoms with van der Waals surface area (Å²) in [5, 5.41) is 0.461. The van der Waals surface area contributed by atoms with Crippen LogP contribution in [0.25, 0.3) is 0 Å². The minimum atomic E-state index is -3.77. The second-order valence-electron chi connectivity index (χ2n) is 8.16. The van der Waals surface area contributed by atoms with Crippen LogP contribution in [0.2, 0.25) is 10.0 Å². The number of hydrogen-bond acceptors (Lipinski definition) is 4. The molecule has 1 saturated carbocycles. The molecular formula is C22H25Cl2N3O3S. The Hall–Kier alpha value is -1.67. The van der Waals surface area contributed by atoms with E-state index >= 15 is 0 Å². The summed E-state index contributed by atoms with van der Waals surface area (Å²) in [7, 11) is -3.77. The van der Waals surface area contributed by atoms with Crippen molar-refractivity contribution in [1.82, 2.24) is 14.2 Å². The third kappa shape index (κ3) is 4.75. The predicted molar refractivity (Wildman–Crippen MR) is 120 cm³/mol. The molecule has 1 saturated heterocycles. The Morgan fingerprint density at radius 1 is 1.13 bits per heavy atom. The van der Waals surface area contributed by atoms with Crippen LogP contribution >= 0.6 is 23.2 Å². The molecule has 31 heavy (non-hydrogen) atoms. The second-order valence-corrected chi connectivity index (χ2v) is 10.9. The van der Waals surface area contributed by atoms with Crippen molar-refractivity contribution in [3.05, 3.63) is 58.3 Å². The summed E-state index contributed by atoms with van der Waals surface area (Å²) in [6, 6.07) is 10.3. The third-order valence-electron chi connectivity index (χ3n) is 6.04. The van der Waals surface area contributed by atoms with Crippen LogP contribution in [-0.4, -0.2) is 47.6 Å². The van der Waals surface area contributed by atoms with Crippen LogP contribution in [0.3, 0.4) is 0 Å². The quantitative estimate of drug-likeness (QED) is 0.606. The maximum absolute atomic E-state index is 13.4. The SMILES string of the molecule is CC(c1ccccn1)N(C(=O)C1CCN(S(=O)(=O)c2cc(Cl)ccc2Cl)CC1)C1CC1. The monoisotopic (exact) mass is 481 g/mol. The number of benzene rings is 1. The van der Waals surface area contributed by atoms with Crippen LogP contribution in [0.4, 0.5) is 0 Å². The highest BCUT2D eigenvalue weighted by molar-refractivity contribution is 7.89. The zero-order chi connectivity index (χ0) is 22.2. The summed E-state index contributed by atoms with van der Waals surface area (Å²) < 4.78 is 27.5. The molecule has 6 nitrogen and oxygen atoms in total. The van der Waals surface area contributed by atoms with Crippen LogP contribution in [-0.2, 0) is 14.8 Å². The molecule has 1 aromatic carbocycles. The van der Waals surface area contributed by atoms with Gasteiger partial charge in [-0.1, -0.05) is 29.3 Å². The van der Waals surface area contributed by atoms with Gasteiger partial charge < -0.3 is 4.90 Å². The molecule has 1 aliphatic carbocycles. The van der Waals surface area contributed by atoms with Gasteiger partial charge in [-0.3, -0.25) is 9.78 Å². The Bertz CT molecular complexity index is 1050. The molecule has 1 aliphatic heterocycles. The van der Waals surface area contributed by atoms with E-state index in [9.17, 15) is 13.2 Å². The van der Waals surface area contributed by atoms with E-state index in [0.29, 0.717) is 17.9 Å². The van der Waals surface area contributed by atoms with E-state index in [0.717, 1.165) is 18.5 Å². The number of piperidine rings is 1. The molecule has 0 spiro atoms. The Kier molecular flexibility index (Phi) is 6.58. The molecule has 2 aromatic rings. The van der Waals surface area contributed by atoms with E-state index < -0.39 is 10.0 Å². The van der Waals surface area contributed by atoms with Crippen molar-refractivity contribution < 1.29 is 13.2 Å². The number of pyridine rings is 1. The Balaban J connectivity index is 1.46. The number of nitrogens with zero attached hydrogens (tertiary/aromatic N) is 3. The number of halogens is 2. The Labute approximate surface area is 193 Å². The fraction of sp³-hybridized carbons (Fsp3) is 0.455. The van der Waals surface area contributed by atoms with Crippen molar-refractivity contribution in [3.8, 4) is 0 Å². The maximum Gasteiger partial charge on any atom is 0.244 e. The summed E-state index contributed by atoms with van der Waals surface area (Å²) in [5.41, 5.74) is 0.873. The molecule has 166 valence electrons. The molecule has 1 atom stereocenters. The second kappa shape index (κ2) is 9.06. The highest BCUT2D eigenvalue weighted by Crippen LogP contribution is 2.37. The predicted octanol–water partition coefficient (Wildman–Crippen LogP) is 4.54. The van der Waals surface area contributed by atoms with Gasteiger partial charge in [-0.15, -0.1) is 0 Å². The van der Waals surface area contributed by atoms with Gasteiger partial charge in [0.05, 0.1) is 16.8 Å². The minimum absolute atomic E-state index is 0.00910. The lowest BCUT2D eigenvalue weighted by Gasteiger charge is -2.36. The van der Waals surface area contributed by atoms with E-state index in [1.807, 2.05) is 30.0 Å². The third-order valence-corrected chi connectivity index (χ3v) is 8.66. The average Bonchev–Trinajstić information content (AvgIpc) is 3.61. The highest BCUT2D eigenvalue weighted by atomic mass is 35.5. The van der Waals surface area contributed by atoms with E-state index in [2.05, 4.69) is 4.98 Å². The van der Waals surface area contributed by atoms with Gasteiger partial charge in [-0.2, -0.15) is 4.31 Å². The minimum Gasteiger partial charge on any atom is -0.331 e. The Morgan fingerprint density at radius 3 is 2.45 bits per heavy atom. The molecule has 4 rings (SSSR count). The zero-order valence-corrected chi connectivity index (χ0v) is 19.6. The summed E-state index contributed by atoms with van der Waals surface area (Å²) in [6.45, 7) is 2.56. The van der Waals surface area contributed by atoms with Crippen molar-refractivity contribution in [2.24, 2.45) is 5.92 Å². The van der Waals surface area contributed by atoms with Gasteiger partial charge in [0.15, 0.2) is 0 Å². The first-order chi connectivity index (χ1) is 14.8. The van der Waals surface area contributed by atoms with Crippen LogP contribution < -0.4 is 0 Å². The van der Waals surface area contributed by atoms with Crippen LogP contribution in [0.15, 0.2) is 47.5 Å². The van der Waals surface area contributed by atoms with Gasteiger partial charge in [0.2, 0.25) is 15.9 Å². The van der Waals surface area contributed by atoms with Gasteiger partial charge in [0.1, 0.15) is 4.90 Å². The van der Waals surface area contributed by atoms with Crippen molar-refractivity contribution in [2.75, 3.05) is 13.1 Å². The molecule has 0 radical (unpaired) electrons. The lowest BCUT2D eigenvalue weighted by molar-refractivity contribution is -0.139. The molecular weight excluding hydrogens is 457 g/mol. The number of sulfonamides is 1. The van der Waals surface area contributed by atoms with Crippen LogP contribution in [0, 0.1) is 5.92 Å². The van der Waals surface area contributed by atoms with Crippen LogP contribution in [0.5, 0.6) is 0 Å². The first kappa shape index (κ1) is 22.5. The molecule has 1 amide bonds. The maximum atomic E-state index is 13.4. The number of amides is 1. The summed E-state index contributed by atoms with van der Waals surface area (Å²) >= 11 is 12.1. The topological polar surface area (TPSA) is 70.6 Å².